The third-order valence-corrected chi connectivity index (χ3v) is 11.3. The van der Waals surface area contributed by atoms with Crippen LogP contribution in [-0.4, -0.2) is 119 Å². The van der Waals surface area contributed by atoms with Gasteiger partial charge in [0.2, 0.25) is 0 Å². The quantitative estimate of drug-likeness (QED) is 0.0357. The number of nitrogens with zero attached hydrogens (tertiary/aromatic N) is 3. The van der Waals surface area contributed by atoms with E-state index in [9.17, 15) is 20.4 Å². The molecule has 0 fully saturated rings. The lowest BCUT2D eigenvalue weighted by atomic mass is 10.1. The predicted octanol–water partition coefficient (Wildman–Crippen LogP) is 12.9. The Morgan fingerprint density at radius 1 is 0.312 bits per heavy atom. The molecule has 0 spiro atoms. The zero-order valence-electron chi connectivity index (χ0n) is 42.3. The Labute approximate surface area is 396 Å². The van der Waals surface area contributed by atoms with Crippen LogP contribution in [0.2, 0.25) is 0 Å². The van der Waals surface area contributed by atoms with Gasteiger partial charge < -0.3 is 25.3 Å². The first kappa shape index (κ1) is 61.6. The fraction of sp³-hybridized carbons (Fsp3) is 0.719. The van der Waals surface area contributed by atoms with Crippen LogP contribution in [-0.2, 0) is 0 Å². The first-order chi connectivity index (χ1) is 31.2. The molecule has 4 unspecified atom stereocenters. The maximum Gasteiger partial charge on any atom is 0.0667 e. The Bertz CT molecular complexity index is 1050. The second-order valence-electron chi connectivity index (χ2n) is 18.0. The fourth-order valence-electron chi connectivity index (χ4n) is 7.39. The van der Waals surface area contributed by atoms with Crippen molar-refractivity contribution in [2.24, 2.45) is 0 Å². The van der Waals surface area contributed by atoms with Crippen LogP contribution < -0.4 is 0 Å². The Balaban J connectivity index is 5.37. The summed E-state index contributed by atoms with van der Waals surface area (Å²) in [5.41, 5.74) is 0. The second kappa shape index (κ2) is 48.6. The molecule has 0 radical (unpaired) electrons. The van der Waals surface area contributed by atoms with Gasteiger partial charge in [-0.05, 0) is 135 Å². The van der Waals surface area contributed by atoms with Gasteiger partial charge in [-0.1, -0.05) is 151 Å². The number of rotatable bonds is 46. The van der Waals surface area contributed by atoms with E-state index in [2.05, 4.69) is 147 Å². The van der Waals surface area contributed by atoms with E-state index in [1.54, 1.807) is 0 Å². The molecule has 7 nitrogen and oxygen atoms in total. The van der Waals surface area contributed by atoms with Crippen LogP contribution in [0.3, 0.4) is 0 Å². The highest BCUT2D eigenvalue weighted by molar-refractivity contribution is 4.95. The topological polar surface area (TPSA) is 90.6 Å². The number of hydrogen-bond acceptors (Lipinski definition) is 7. The molecule has 4 atom stereocenters. The molecule has 4 N–H and O–H groups in total. The largest absolute Gasteiger partial charge is 0.392 e. The minimum atomic E-state index is -0.436. The number of allylic oxidation sites excluding steroid dienone is 16. The lowest BCUT2D eigenvalue weighted by Gasteiger charge is -2.31. The van der Waals surface area contributed by atoms with Crippen molar-refractivity contribution < 1.29 is 20.4 Å². The van der Waals surface area contributed by atoms with Crippen LogP contribution in [0.25, 0.3) is 0 Å². The van der Waals surface area contributed by atoms with Gasteiger partial charge in [-0.15, -0.1) is 0 Å². The van der Waals surface area contributed by atoms with Gasteiger partial charge in [0.25, 0.3) is 0 Å². The average Bonchev–Trinajstić information content (AvgIpc) is 3.27. The van der Waals surface area contributed by atoms with Gasteiger partial charge in [-0.2, -0.15) is 0 Å². The number of likely N-dealkylation sites (N-methyl/N-ethyl adjacent to an activating group) is 1. The van der Waals surface area contributed by atoms with Crippen LogP contribution in [0.4, 0.5) is 0 Å². The van der Waals surface area contributed by atoms with Crippen molar-refractivity contribution in [1.29, 1.82) is 0 Å². The molecule has 0 saturated heterocycles. The summed E-state index contributed by atoms with van der Waals surface area (Å²) in [5.74, 6) is 0. The maximum atomic E-state index is 11.1. The molecule has 0 saturated carbocycles. The third-order valence-electron chi connectivity index (χ3n) is 11.3. The van der Waals surface area contributed by atoms with Crippen molar-refractivity contribution in [3.63, 3.8) is 0 Å². The van der Waals surface area contributed by atoms with Gasteiger partial charge in [0.1, 0.15) is 0 Å². The normalized spacial score (nSPS) is 15.1. The van der Waals surface area contributed by atoms with Gasteiger partial charge in [-0.3, -0.25) is 9.80 Å². The highest BCUT2D eigenvalue weighted by atomic mass is 16.3. The molecule has 0 aliphatic rings. The Morgan fingerprint density at radius 3 is 0.750 bits per heavy atom. The van der Waals surface area contributed by atoms with E-state index in [0.717, 1.165) is 155 Å². The molecule has 0 rings (SSSR count). The van der Waals surface area contributed by atoms with E-state index >= 15 is 0 Å². The van der Waals surface area contributed by atoms with Crippen LogP contribution in [0, 0.1) is 0 Å². The molecule has 0 aliphatic carbocycles. The average molecular weight is 894 g/mol. The molecule has 7 heteroatoms. The molecule has 0 aromatic heterocycles. The number of unbranched alkanes of at least 4 members (excludes halogenated alkanes) is 8. The van der Waals surface area contributed by atoms with Crippen molar-refractivity contribution in [2.75, 3.05) is 59.4 Å². The molecule has 0 bridgehead atoms. The summed E-state index contributed by atoms with van der Waals surface area (Å²) in [6, 6.07) is 0. The van der Waals surface area contributed by atoms with Crippen LogP contribution in [0.1, 0.15) is 182 Å². The molecular weight excluding hydrogens is 791 g/mol. The van der Waals surface area contributed by atoms with Gasteiger partial charge in [0.15, 0.2) is 0 Å². The summed E-state index contributed by atoms with van der Waals surface area (Å²) >= 11 is 0. The van der Waals surface area contributed by atoms with Crippen molar-refractivity contribution in [3.8, 4) is 0 Å². The molecule has 0 aromatic rings. The first-order valence-corrected chi connectivity index (χ1v) is 26.3. The van der Waals surface area contributed by atoms with E-state index in [-0.39, 0.29) is 0 Å². The molecular formula is C57H103N3O4. The van der Waals surface area contributed by atoms with Gasteiger partial charge in [-0.25, -0.2) is 0 Å². The van der Waals surface area contributed by atoms with E-state index in [1.807, 2.05) is 0 Å². The zero-order valence-corrected chi connectivity index (χ0v) is 42.3. The van der Waals surface area contributed by atoms with Crippen LogP contribution >= 0.6 is 0 Å². The number of aliphatic hydroxyl groups is 4. The Kier molecular flexibility index (Phi) is 46.8. The Morgan fingerprint density at radius 2 is 0.531 bits per heavy atom. The summed E-state index contributed by atoms with van der Waals surface area (Å²) in [5, 5.41) is 44.5. The summed E-state index contributed by atoms with van der Waals surface area (Å²) in [7, 11) is 2.14. The standard InChI is InChI=1S/C57H103N3O4/c1-6-10-14-18-22-26-30-34-38-42-54(61)50-59(51-55(62)43-39-35-31-27-23-19-15-11-7-2)48-46-58(5)47-49-60(52-56(63)44-40-36-32-28-24-20-16-12-8-3)53-57(64)45-41-37-33-29-25-21-17-13-9-4/h14-21,26-33,54-57,61-64H,6-13,22-25,34-53H2,1-5H3/b18-14-,19-15-,20-16-,21-17-,30-26-,31-27-,32-28-,33-29-. The van der Waals surface area contributed by atoms with E-state index in [4.69, 9.17) is 0 Å². The summed E-state index contributed by atoms with van der Waals surface area (Å²) in [4.78, 5) is 6.83. The maximum absolute atomic E-state index is 11.1. The van der Waals surface area contributed by atoms with Gasteiger partial charge in [0, 0.05) is 52.4 Å². The fourth-order valence-corrected chi connectivity index (χ4v) is 7.39. The van der Waals surface area contributed by atoms with E-state index in [0.29, 0.717) is 26.2 Å². The highest BCUT2D eigenvalue weighted by Crippen LogP contribution is 2.12. The second-order valence-corrected chi connectivity index (χ2v) is 18.0. The molecule has 0 aromatic carbocycles. The van der Waals surface area contributed by atoms with Gasteiger partial charge in [0.05, 0.1) is 24.4 Å². The van der Waals surface area contributed by atoms with Crippen molar-refractivity contribution in [3.05, 3.63) is 97.2 Å². The SMILES string of the molecule is CCC/C=C\C/C=C\CCCC(O)CN(CCN(C)CCN(CC(O)CCC/C=C\C/C=C\CCC)CC(O)CCC/C=C\C/C=C\CCC)CC(O)CCC/C=C\C/C=C\CCC. The highest BCUT2D eigenvalue weighted by Gasteiger charge is 2.19. The minimum absolute atomic E-state index is 0.436. The monoisotopic (exact) mass is 894 g/mol. The minimum Gasteiger partial charge on any atom is -0.392 e. The van der Waals surface area contributed by atoms with Crippen LogP contribution in [0.15, 0.2) is 97.2 Å². The van der Waals surface area contributed by atoms with Crippen LogP contribution in [0.5, 0.6) is 0 Å². The van der Waals surface area contributed by atoms with Gasteiger partial charge >= 0.3 is 0 Å². The van der Waals surface area contributed by atoms with Crippen molar-refractivity contribution in [2.45, 2.75) is 206 Å². The lowest BCUT2D eigenvalue weighted by molar-refractivity contribution is 0.0499. The predicted molar refractivity (Wildman–Crippen MR) is 281 cm³/mol. The van der Waals surface area contributed by atoms with E-state index in [1.165, 1.54) is 25.7 Å². The first-order valence-electron chi connectivity index (χ1n) is 26.3. The Hall–Kier alpha value is -2.36. The summed E-state index contributed by atoms with van der Waals surface area (Å²) in [6.45, 7) is 14.1. The third kappa shape index (κ3) is 44.8. The zero-order chi connectivity index (χ0) is 47.0. The number of hydrogen-bond donors (Lipinski definition) is 4. The van der Waals surface area contributed by atoms with Crippen molar-refractivity contribution >= 4 is 0 Å². The molecule has 370 valence electrons. The smallest absolute Gasteiger partial charge is 0.0667 e. The van der Waals surface area contributed by atoms with Crippen molar-refractivity contribution in [1.82, 2.24) is 14.7 Å². The number of aliphatic hydroxyl groups excluding tert-OH is 4. The van der Waals surface area contributed by atoms with E-state index < -0.39 is 24.4 Å². The summed E-state index contributed by atoms with van der Waals surface area (Å²) in [6.07, 6.45) is 57.7. The molecule has 64 heavy (non-hydrogen) atoms. The summed E-state index contributed by atoms with van der Waals surface area (Å²) < 4.78 is 0. The molecule has 0 aliphatic heterocycles. The lowest BCUT2D eigenvalue weighted by Crippen LogP contribution is -2.44. The molecule has 0 heterocycles. The molecule has 0 amide bonds.